The lowest BCUT2D eigenvalue weighted by Crippen LogP contribution is -2.38. The van der Waals surface area contributed by atoms with E-state index in [1.165, 1.54) is 11.1 Å². The van der Waals surface area contributed by atoms with Gasteiger partial charge >= 0.3 is 0 Å². The van der Waals surface area contributed by atoms with Crippen molar-refractivity contribution in [1.29, 1.82) is 0 Å². The molecule has 3 rings (SSSR count). The molecule has 1 aromatic carbocycles. The molecule has 0 aliphatic carbocycles. The number of benzene rings is 1. The van der Waals surface area contributed by atoms with Gasteiger partial charge in [0.1, 0.15) is 5.75 Å². The van der Waals surface area contributed by atoms with Crippen LogP contribution in [0.4, 0.5) is 0 Å². The van der Waals surface area contributed by atoms with E-state index in [1.54, 1.807) is 0 Å². The molecule has 1 N–H and O–H groups in total. The number of ether oxygens (including phenoxy) is 1. The Kier molecular flexibility index (Phi) is 4.25. The standard InChI is InChI=1S/C17H23N3O/c1-3-18-16(10-13-11-19-20(2)12-13)14-8-9-21-17-7-5-4-6-15(14)17/h4-7,11-12,14,16,18H,3,8-10H2,1-2H3. The summed E-state index contributed by atoms with van der Waals surface area (Å²) in [6.45, 7) is 3.95. The van der Waals surface area contributed by atoms with Crippen LogP contribution in [0.3, 0.4) is 0 Å². The highest BCUT2D eigenvalue weighted by atomic mass is 16.5. The van der Waals surface area contributed by atoms with Crippen molar-refractivity contribution in [3.63, 3.8) is 0 Å². The molecule has 2 atom stereocenters. The first-order valence-corrected chi connectivity index (χ1v) is 7.70. The predicted molar refractivity (Wildman–Crippen MR) is 83.7 cm³/mol. The molecule has 0 saturated heterocycles. The first-order valence-electron chi connectivity index (χ1n) is 7.70. The molecule has 2 aromatic rings. The number of para-hydroxylation sites is 1. The lowest BCUT2D eigenvalue weighted by Gasteiger charge is -2.32. The van der Waals surface area contributed by atoms with E-state index >= 15 is 0 Å². The summed E-state index contributed by atoms with van der Waals surface area (Å²) in [7, 11) is 1.97. The van der Waals surface area contributed by atoms with Crippen molar-refractivity contribution in [2.45, 2.75) is 31.7 Å². The number of rotatable bonds is 5. The lowest BCUT2D eigenvalue weighted by molar-refractivity contribution is 0.245. The number of fused-ring (bicyclic) bond motifs is 1. The van der Waals surface area contributed by atoms with E-state index in [1.807, 2.05) is 24.0 Å². The van der Waals surface area contributed by atoms with Crippen LogP contribution in [0.25, 0.3) is 0 Å². The molecule has 2 heterocycles. The minimum absolute atomic E-state index is 0.421. The second-order valence-electron chi connectivity index (χ2n) is 5.67. The SMILES string of the molecule is CCNC(Cc1cnn(C)c1)C1CCOc2ccccc21. The fourth-order valence-corrected chi connectivity index (χ4v) is 3.24. The number of hydrogen-bond acceptors (Lipinski definition) is 3. The monoisotopic (exact) mass is 285 g/mol. The molecule has 4 nitrogen and oxygen atoms in total. The van der Waals surface area contributed by atoms with Crippen LogP contribution in [0, 0.1) is 0 Å². The van der Waals surface area contributed by atoms with Gasteiger partial charge in [-0.3, -0.25) is 4.68 Å². The molecule has 2 unspecified atom stereocenters. The van der Waals surface area contributed by atoms with E-state index < -0.39 is 0 Å². The highest BCUT2D eigenvalue weighted by Gasteiger charge is 2.28. The molecule has 0 saturated carbocycles. The van der Waals surface area contributed by atoms with E-state index in [4.69, 9.17) is 4.74 Å². The van der Waals surface area contributed by atoms with E-state index in [9.17, 15) is 0 Å². The van der Waals surface area contributed by atoms with Gasteiger partial charge in [-0.15, -0.1) is 0 Å². The predicted octanol–water partition coefficient (Wildman–Crippen LogP) is 2.51. The van der Waals surface area contributed by atoms with Crippen molar-refractivity contribution in [3.8, 4) is 5.75 Å². The zero-order valence-electron chi connectivity index (χ0n) is 12.7. The summed E-state index contributed by atoms with van der Waals surface area (Å²) in [5, 5.41) is 7.94. The van der Waals surface area contributed by atoms with Crippen LogP contribution >= 0.6 is 0 Å². The fourth-order valence-electron chi connectivity index (χ4n) is 3.24. The van der Waals surface area contributed by atoms with Crippen LogP contribution in [-0.2, 0) is 13.5 Å². The van der Waals surface area contributed by atoms with Gasteiger partial charge in [0, 0.05) is 25.2 Å². The molecule has 0 amide bonds. The average Bonchev–Trinajstić information content (AvgIpc) is 2.91. The topological polar surface area (TPSA) is 39.1 Å². The zero-order chi connectivity index (χ0) is 14.7. The number of aryl methyl sites for hydroxylation is 1. The number of hydrogen-bond donors (Lipinski definition) is 1. The molecular formula is C17H23N3O. The zero-order valence-corrected chi connectivity index (χ0v) is 12.7. The lowest BCUT2D eigenvalue weighted by atomic mass is 9.84. The third-order valence-corrected chi connectivity index (χ3v) is 4.17. The summed E-state index contributed by atoms with van der Waals surface area (Å²) in [6.07, 6.45) is 6.14. The van der Waals surface area contributed by atoms with Gasteiger partial charge < -0.3 is 10.1 Å². The second kappa shape index (κ2) is 6.31. The van der Waals surface area contributed by atoms with Gasteiger partial charge in [-0.1, -0.05) is 25.1 Å². The Labute approximate surface area is 126 Å². The summed E-state index contributed by atoms with van der Waals surface area (Å²) >= 11 is 0. The second-order valence-corrected chi connectivity index (χ2v) is 5.67. The van der Waals surface area contributed by atoms with Crippen molar-refractivity contribution < 1.29 is 4.74 Å². The van der Waals surface area contributed by atoms with Gasteiger partial charge in [-0.2, -0.15) is 5.10 Å². The molecule has 112 valence electrons. The van der Waals surface area contributed by atoms with E-state index in [0.29, 0.717) is 12.0 Å². The Hall–Kier alpha value is -1.81. The highest BCUT2D eigenvalue weighted by Crippen LogP contribution is 2.36. The van der Waals surface area contributed by atoms with Crippen LogP contribution in [0.15, 0.2) is 36.7 Å². The van der Waals surface area contributed by atoms with Crippen LogP contribution in [0.5, 0.6) is 5.75 Å². The van der Waals surface area contributed by atoms with Gasteiger partial charge in [0.2, 0.25) is 0 Å². The summed E-state index contributed by atoms with van der Waals surface area (Å²) in [5.41, 5.74) is 2.62. The van der Waals surface area contributed by atoms with Crippen molar-refractivity contribution in [3.05, 3.63) is 47.8 Å². The molecule has 0 spiro atoms. The molecule has 1 aliphatic rings. The third kappa shape index (κ3) is 3.10. The number of aromatic nitrogens is 2. The molecule has 1 aromatic heterocycles. The normalized spacial score (nSPS) is 18.9. The van der Waals surface area contributed by atoms with E-state index in [0.717, 1.165) is 31.7 Å². The van der Waals surface area contributed by atoms with Gasteiger partial charge in [-0.05, 0) is 36.6 Å². The van der Waals surface area contributed by atoms with Crippen molar-refractivity contribution in [2.75, 3.05) is 13.2 Å². The Morgan fingerprint density at radius 3 is 3.05 bits per heavy atom. The Morgan fingerprint density at radius 1 is 1.43 bits per heavy atom. The average molecular weight is 285 g/mol. The molecule has 0 bridgehead atoms. The van der Waals surface area contributed by atoms with Crippen molar-refractivity contribution in [1.82, 2.24) is 15.1 Å². The number of nitrogens with zero attached hydrogens (tertiary/aromatic N) is 2. The Balaban J connectivity index is 1.84. The molecular weight excluding hydrogens is 262 g/mol. The smallest absolute Gasteiger partial charge is 0.122 e. The fraction of sp³-hybridized carbons (Fsp3) is 0.471. The van der Waals surface area contributed by atoms with Crippen LogP contribution in [0.2, 0.25) is 0 Å². The first kappa shape index (κ1) is 14.1. The molecule has 0 radical (unpaired) electrons. The van der Waals surface area contributed by atoms with Gasteiger partial charge in [0.05, 0.1) is 12.8 Å². The summed E-state index contributed by atoms with van der Waals surface area (Å²) in [4.78, 5) is 0. The summed E-state index contributed by atoms with van der Waals surface area (Å²) < 4.78 is 7.66. The maximum Gasteiger partial charge on any atom is 0.122 e. The minimum Gasteiger partial charge on any atom is -0.493 e. The van der Waals surface area contributed by atoms with Crippen molar-refractivity contribution >= 4 is 0 Å². The molecule has 4 heteroatoms. The molecule has 1 aliphatic heterocycles. The maximum absolute atomic E-state index is 5.79. The minimum atomic E-state index is 0.421. The maximum atomic E-state index is 5.79. The largest absolute Gasteiger partial charge is 0.493 e. The third-order valence-electron chi connectivity index (χ3n) is 4.17. The Morgan fingerprint density at radius 2 is 2.29 bits per heavy atom. The summed E-state index contributed by atoms with van der Waals surface area (Å²) in [6, 6.07) is 8.85. The highest BCUT2D eigenvalue weighted by molar-refractivity contribution is 5.39. The van der Waals surface area contributed by atoms with Crippen LogP contribution in [-0.4, -0.2) is 29.0 Å². The summed E-state index contributed by atoms with van der Waals surface area (Å²) in [5.74, 6) is 1.54. The van der Waals surface area contributed by atoms with Gasteiger partial charge in [-0.25, -0.2) is 0 Å². The molecule has 0 fully saturated rings. The van der Waals surface area contributed by atoms with E-state index in [2.05, 4.69) is 41.7 Å². The van der Waals surface area contributed by atoms with Crippen LogP contribution < -0.4 is 10.1 Å². The Bertz CT molecular complexity index is 593. The number of nitrogens with one attached hydrogen (secondary N) is 1. The van der Waals surface area contributed by atoms with E-state index in [-0.39, 0.29) is 0 Å². The van der Waals surface area contributed by atoms with Crippen LogP contribution in [0.1, 0.15) is 30.4 Å². The first-order chi connectivity index (χ1) is 10.3. The number of likely N-dealkylation sites (N-methyl/N-ethyl adjacent to an activating group) is 1. The quantitative estimate of drug-likeness (QED) is 0.917. The van der Waals surface area contributed by atoms with Gasteiger partial charge in [0.15, 0.2) is 0 Å². The van der Waals surface area contributed by atoms with Gasteiger partial charge in [0.25, 0.3) is 0 Å². The van der Waals surface area contributed by atoms with Crippen molar-refractivity contribution in [2.24, 2.45) is 7.05 Å². The molecule has 21 heavy (non-hydrogen) atoms.